The number of hydrogen-bond donors (Lipinski definition) is 1. The standard InChI is InChI=1S/C11H16ClNO3/c1-7-6-9(14-2)11(15-3)8(10(7)12)4-5-16-13/h6H,4-5,13H2,1-3H3. The van der Waals surface area contributed by atoms with Crippen LogP contribution in [0.15, 0.2) is 6.07 Å². The second kappa shape index (κ2) is 5.94. The third-order valence-corrected chi connectivity index (χ3v) is 2.88. The van der Waals surface area contributed by atoms with E-state index in [0.29, 0.717) is 29.5 Å². The molecule has 0 spiro atoms. The van der Waals surface area contributed by atoms with Crippen LogP contribution in [0.1, 0.15) is 11.1 Å². The summed E-state index contributed by atoms with van der Waals surface area (Å²) in [7, 11) is 3.17. The maximum atomic E-state index is 6.21. The van der Waals surface area contributed by atoms with E-state index in [-0.39, 0.29) is 0 Å². The molecule has 0 bridgehead atoms. The van der Waals surface area contributed by atoms with Crippen LogP contribution in [0.2, 0.25) is 5.02 Å². The van der Waals surface area contributed by atoms with Crippen molar-refractivity contribution in [1.29, 1.82) is 0 Å². The van der Waals surface area contributed by atoms with Gasteiger partial charge < -0.3 is 14.3 Å². The smallest absolute Gasteiger partial charge is 0.165 e. The minimum Gasteiger partial charge on any atom is -0.493 e. The Kier molecular flexibility index (Phi) is 4.86. The van der Waals surface area contributed by atoms with E-state index in [0.717, 1.165) is 11.1 Å². The van der Waals surface area contributed by atoms with Gasteiger partial charge in [0, 0.05) is 12.0 Å². The molecule has 90 valence electrons. The minimum atomic E-state index is 0.378. The largest absolute Gasteiger partial charge is 0.493 e. The maximum Gasteiger partial charge on any atom is 0.165 e. The van der Waals surface area contributed by atoms with Crippen LogP contribution in [0.25, 0.3) is 0 Å². The van der Waals surface area contributed by atoms with Crippen molar-refractivity contribution >= 4 is 11.6 Å². The fourth-order valence-electron chi connectivity index (χ4n) is 1.57. The Bertz CT molecular complexity index is 369. The molecule has 16 heavy (non-hydrogen) atoms. The molecule has 0 amide bonds. The predicted molar refractivity (Wildman–Crippen MR) is 63.1 cm³/mol. The van der Waals surface area contributed by atoms with E-state index in [1.807, 2.05) is 13.0 Å². The molecule has 2 N–H and O–H groups in total. The molecule has 4 nitrogen and oxygen atoms in total. The summed E-state index contributed by atoms with van der Waals surface area (Å²) in [4.78, 5) is 4.56. The van der Waals surface area contributed by atoms with Gasteiger partial charge in [0.15, 0.2) is 11.5 Å². The zero-order chi connectivity index (χ0) is 12.1. The number of nitrogens with two attached hydrogens (primary N) is 1. The van der Waals surface area contributed by atoms with Crippen molar-refractivity contribution in [2.45, 2.75) is 13.3 Å². The first-order chi connectivity index (χ1) is 7.65. The molecule has 0 aliphatic carbocycles. The summed E-state index contributed by atoms with van der Waals surface area (Å²) in [5.41, 5.74) is 1.79. The fraction of sp³-hybridized carbons (Fsp3) is 0.455. The van der Waals surface area contributed by atoms with Gasteiger partial charge in [-0.05, 0) is 18.6 Å². The predicted octanol–water partition coefficient (Wildman–Crippen LogP) is 2.10. The van der Waals surface area contributed by atoms with Crippen molar-refractivity contribution in [2.24, 2.45) is 5.90 Å². The lowest BCUT2D eigenvalue weighted by molar-refractivity contribution is 0.140. The molecule has 0 heterocycles. The van der Waals surface area contributed by atoms with Crippen molar-refractivity contribution in [2.75, 3.05) is 20.8 Å². The summed E-state index contributed by atoms with van der Waals surface area (Å²) < 4.78 is 10.5. The van der Waals surface area contributed by atoms with E-state index >= 15 is 0 Å². The van der Waals surface area contributed by atoms with Crippen LogP contribution in [0.3, 0.4) is 0 Å². The second-order valence-electron chi connectivity index (χ2n) is 3.34. The maximum absolute atomic E-state index is 6.21. The molecule has 0 aliphatic heterocycles. The molecule has 1 aromatic carbocycles. The van der Waals surface area contributed by atoms with Crippen molar-refractivity contribution in [3.8, 4) is 11.5 Å². The molecular weight excluding hydrogens is 230 g/mol. The van der Waals surface area contributed by atoms with Gasteiger partial charge in [-0.25, -0.2) is 5.90 Å². The molecule has 0 radical (unpaired) electrons. The highest BCUT2D eigenvalue weighted by Crippen LogP contribution is 2.38. The SMILES string of the molecule is COc1cc(C)c(Cl)c(CCON)c1OC. The Morgan fingerprint density at radius 2 is 2.00 bits per heavy atom. The lowest BCUT2D eigenvalue weighted by atomic mass is 10.1. The van der Waals surface area contributed by atoms with E-state index in [4.69, 9.17) is 27.0 Å². The van der Waals surface area contributed by atoms with Gasteiger partial charge in [-0.2, -0.15) is 0 Å². The Morgan fingerprint density at radius 1 is 1.31 bits per heavy atom. The number of methoxy groups -OCH3 is 2. The molecule has 0 saturated carbocycles. The lowest BCUT2D eigenvalue weighted by Crippen LogP contribution is -2.06. The molecule has 0 saturated heterocycles. The van der Waals surface area contributed by atoms with Gasteiger partial charge in [-0.1, -0.05) is 11.6 Å². The highest BCUT2D eigenvalue weighted by molar-refractivity contribution is 6.32. The Labute approximate surface area is 100 Å². The summed E-state index contributed by atoms with van der Waals surface area (Å²) in [6, 6.07) is 1.84. The van der Waals surface area contributed by atoms with Crippen LogP contribution in [-0.4, -0.2) is 20.8 Å². The molecule has 1 rings (SSSR count). The van der Waals surface area contributed by atoms with Crippen LogP contribution >= 0.6 is 11.6 Å². The van der Waals surface area contributed by atoms with E-state index in [1.165, 1.54) is 0 Å². The first kappa shape index (κ1) is 13.1. The summed E-state index contributed by atoms with van der Waals surface area (Å²) >= 11 is 6.21. The van der Waals surface area contributed by atoms with Gasteiger partial charge in [-0.15, -0.1) is 0 Å². The Morgan fingerprint density at radius 3 is 2.50 bits per heavy atom. The van der Waals surface area contributed by atoms with E-state index in [2.05, 4.69) is 4.84 Å². The zero-order valence-electron chi connectivity index (χ0n) is 9.67. The monoisotopic (exact) mass is 245 g/mol. The average Bonchev–Trinajstić information content (AvgIpc) is 2.30. The van der Waals surface area contributed by atoms with Crippen LogP contribution in [-0.2, 0) is 11.3 Å². The van der Waals surface area contributed by atoms with Crippen LogP contribution in [0, 0.1) is 6.92 Å². The van der Waals surface area contributed by atoms with Crippen molar-refractivity contribution < 1.29 is 14.3 Å². The van der Waals surface area contributed by atoms with Crippen LogP contribution < -0.4 is 15.4 Å². The Hall–Kier alpha value is -0.970. The first-order valence-electron chi connectivity index (χ1n) is 4.87. The van der Waals surface area contributed by atoms with Crippen molar-refractivity contribution in [3.63, 3.8) is 0 Å². The Balaban J connectivity index is 3.23. The number of benzene rings is 1. The molecule has 0 fully saturated rings. The summed E-state index contributed by atoms with van der Waals surface area (Å²) in [6.07, 6.45) is 0.580. The van der Waals surface area contributed by atoms with E-state index < -0.39 is 0 Å². The van der Waals surface area contributed by atoms with Gasteiger partial charge in [0.05, 0.1) is 25.8 Å². The van der Waals surface area contributed by atoms with Gasteiger partial charge in [0.25, 0.3) is 0 Å². The molecule has 0 atom stereocenters. The fourth-order valence-corrected chi connectivity index (χ4v) is 1.81. The third-order valence-electron chi connectivity index (χ3n) is 2.35. The highest BCUT2D eigenvalue weighted by Gasteiger charge is 2.16. The number of rotatable bonds is 5. The van der Waals surface area contributed by atoms with E-state index in [1.54, 1.807) is 14.2 Å². The normalized spacial score (nSPS) is 10.3. The van der Waals surface area contributed by atoms with Gasteiger partial charge in [-0.3, -0.25) is 0 Å². The molecular formula is C11H16ClNO3. The minimum absolute atomic E-state index is 0.378. The van der Waals surface area contributed by atoms with Gasteiger partial charge >= 0.3 is 0 Å². The lowest BCUT2D eigenvalue weighted by Gasteiger charge is -2.15. The molecule has 0 aromatic heterocycles. The quantitative estimate of drug-likeness (QED) is 0.808. The second-order valence-corrected chi connectivity index (χ2v) is 3.72. The summed E-state index contributed by atoms with van der Waals surface area (Å²) in [6.45, 7) is 2.29. The van der Waals surface area contributed by atoms with Gasteiger partial charge in [0.1, 0.15) is 0 Å². The third kappa shape index (κ3) is 2.58. The highest BCUT2D eigenvalue weighted by atomic mass is 35.5. The molecule has 0 unspecified atom stereocenters. The van der Waals surface area contributed by atoms with Crippen molar-refractivity contribution in [3.05, 3.63) is 22.2 Å². The average molecular weight is 246 g/mol. The summed E-state index contributed by atoms with van der Waals surface area (Å²) in [5.74, 6) is 6.31. The zero-order valence-corrected chi connectivity index (χ0v) is 10.4. The summed E-state index contributed by atoms with van der Waals surface area (Å²) in [5, 5.41) is 0.662. The number of ether oxygens (including phenoxy) is 2. The van der Waals surface area contributed by atoms with Crippen LogP contribution in [0.4, 0.5) is 0 Å². The van der Waals surface area contributed by atoms with Gasteiger partial charge in [0.2, 0.25) is 0 Å². The number of hydrogen-bond acceptors (Lipinski definition) is 4. The van der Waals surface area contributed by atoms with E-state index in [9.17, 15) is 0 Å². The number of aryl methyl sites for hydroxylation is 1. The first-order valence-corrected chi connectivity index (χ1v) is 5.25. The van der Waals surface area contributed by atoms with Crippen LogP contribution in [0.5, 0.6) is 11.5 Å². The topological polar surface area (TPSA) is 53.7 Å². The van der Waals surface area contributed by atoms with Crippen molar-refractivity contribution in [1.82, 2.24) is 0 Å². The number of halogens is 1. The molecule has 5 heteroatoms. The molecule has 1 aromatic rings. The molecule has 0 aliphatic rings.